The second-order valence-electron chi connectivity index (χ2n) is 7.08. The number of rotatable bonds is 6. The van der Waals surface area contributed by atoms with Gasteiger partial charge in [0.1, 0.15) is 5.69 Å². The fourth-order valence-electron chi connectivity index (χ4n) is 3.72. The normalized spacial score (nSPS) is 11.5. The van der Waals surface area contributed by atoms with Gasteiger partial charge in [0, 0.05) is 41.5 Å². The van der Waals surface area contributed by atoms with Crippen LogP contribution in [0.4, 0.5) is 0 Å². The molecule has 1 amide bonds. The quantitative estimate of drug-likeness (QED) is 0.384. The van der Waals surface area contributed by atoms with Crippen molar-refractivity contribution >= 4 is 34.1 Å². The van der Waals surface area contributed by atoms with Gasteiger partial charge in [-0.15, -0.1) is 0 Å². The highest BCUT2D eigenvalue weighted by Gasteiger charge is 2.11. The molecule has 0 saturated heterocycles. The molecule has 0 aliphatic heterocycles. The van der Waals surface area contributed by atoms with Crippen molar-refractivity contribution in [1.82, 2.24) is 20.0 Å². The van der Waals surface area contributed by atoms with Gasteiger partial charge in [-0.1, -0.05) is 30.3 Å². The summed E-state index contributed by atoms with van der Waals surface area (Å²) in [5.41, 5.74) is 7.25. The third-order valence-corrected chi connectivity index (χ3v) is 5.24. The molecule has 7 nitrogen and oxygen atoms in total. The molecule has 7 heteroatoms. The molecule has 0 aliphatic rings. The molecular formula is C23H23N5O2. The third kappa shape index (κ3) is 3.74. The highest BCUT2D eigenvalue weighted by atomic mass is 16.2. The first-order valence-corrected chi connectivity index (χ1v) is 9.96. The number of H-pyrrole nitrogens is 1. The topological polar surface area (TPSA) is 92.1 Å². The molecule has 0 radical (unpaired) electrons. The Balaban J connectivity index is 1.44. The molecule has 0 atom stereocenters. The largest absolute Gasteiger partial charge is 0.344 e. The average molecular weight is 401 g/mol. The summed E-state index contributed by atoms with van der Waals surface area (Å²) in [5.74, 6) is -0.266. The molecule has 0 bridgehead atoms. The summed E-state index contributed by atoms with van der Waals surface area (Å²) < 4.78 is 2.22. The van der Waals surface area contributed by atoms with Crippen molar-refractivity contribution in [2.45, 2.75) is 33.2 Å². The Labute approximate surface area is 173 Å². The number of amides is 1. The molecule has 2 N–H and O–H groups in total. The molecule has 0 unspecified atom stereocenters. The number of aryl methyl sites for hydroxylation is 2. The summed E-state index contributed by atoms with van der Waals surface area (Å²) in [4.78, 5) is 31.5. The number of hydrazone groups is 1. The van der Waals surface area contributed by atoms with Gasteiger partial charge in [0.05, 0.1) is 17.2 Å². The molecule has 0 fully saturated rings. The summed E-state index contributed by atoms with van der Waals surface area (Å²) in [6.45, 7) is 5.01. The molecule has 0 saturated carbocycles. The van der Waals surface area contributed by atoms with E-state index in [1.54, 1.807) is 12.3 Å². The number of aromatic nitrogens is 3. The van der Waals surface area contributed by atoms with Gasteiger partial charge in [-0.2, -0.15) is 5.10 Å². The molecule has 0 aliphatic carbocycles. The Morgan fingerprint density at radius 1 is 1.20 bits per heavy atom. The van der Waals surface area contributed by atoms with E-state index in [2.05, 4.69) is 44.1 Å². The van der Waals surface area contributed by atoms with Crippen LogP contribution in [0.5, 0.6) is 0 Å². The third-order valence-electron chi connectivity index (χ3n) is 5.24. The molecule has 30 heavy (non-hydrogen) atoms. The number of para-hydroxylation sites is 3. The van der Waals surface area contributed by atoms with E-state index < -0.39 is 0 Å². The van der Waals surface area contributed by atoms with E-state index in [4.69, 9.17) is 0 Å². The second-order valence-corrected chi connectivity index (χ2v) is 7.08. The number of hydrogen-bond acceptors (Lipinski definition) is 4. The van der Waals surface area contributed by atoms with Crippen molar-refractivity contribution in [3.63, 3.8) is 0 Å². The van der Waals surface area contributed by atoms with Crippen molar-refractivity contribution in [3.8, 4) is 0 Å². The highest BCUT2D eigenvalue weighted by Crippen LogP contribution is 2.24. The van der Waals surface area contributed by atoms with Gasteiger partial charge >= 0.3 is 0 Å². The maximum absolute atomic E-state index is 12.2. The van der Waals surface area contributed by atoms with E-state index in [1.807, 2.05) is 37.3 Å². The minimum absolute atomic E-state index is 0.126. The van der Waals surface area contributed by atoms with E-state index in [0.717, 1.165) is 28.7 Å². The molecule has 152 valence electrons. The van der Waals surface area contributed by atoms with Crippen LogP contribution in [0.25, 0.3) is 21.9 Å². The maximum atomic E-state index is 12.2. The van der Waals surface area contributed by atoms with Gasteiger partial charge in [0.25, 0.3) is 5.56 Å². The fourth-order valence-corrected chi connectivity index (χ4v) is 3.72. The minimum atomic E-state index is -0.270. The molecular weight excluding hydrogens is 378 g/mol. The number of aromatic amines is 1. The van der Waals surface area contributed by atoms with E-state index in [-0.39, 0.29) is 24.3 Å². The monoisotopic (exact) mass is 401 g/mol. The fraction of sp³-hybridized carbons (Fsp3) is 0.217. The SMILES string of the molecule is CCn1c(C)c(/C=N\NC(=O)CCc2nc3ccccc3[nH]c2=O)c2ccccc21. The van der Waals surface area contributed by atoms with Crippen LogP contribution in [0, 0.1) is 6.92 Å². The van der Waals surface area contributed by atoms with Crippen molar-refractivity contribution in [1.29, 1.82) is 0 Å². The molecule has 4 rings (SSSR count). The number of carbonyl (C=O) groups excluding carboxylic acids is 1. The van der Waals surface area contributed by atoms with Gasteiger partial charge < -0.3 is 9.55 Å². The van der Waals surface area contributed by atoms with E-state index in [1.165, 1.54) is 0 Å². The molecule has 2 heterocycles. The first-order valence-electron chi connectivity index (χ1n) is 9.96. The Morgan fingerprint density at radius 2 is 1.97 bits per heavy atom. The maximum Gasteiger partial charge on any atom is 0.270 e. The van der Waals surface area contributed by atoms with Crippen LogP contribution in [0.3, 0.4) is 0 Å². The smallest absolute Gasteiger partial charge is 0.270 e. The lowest BCUT2D eigenvalue weighted by atomic mass is 10.1. The summed E-state index contributed by atoms with van der Waals surface area (Å²) >= 11 is 0. The number of benzene rings is 2. The van der Waals surface area contributed by atoms with Crippen molar-refractivity contribution in [2.75, 3.05) is 0 Å². The van der Waals surface area contributed by atoms with Crippen LogP contribution in [-0.4, -0.2) is 26.7 Å². The zero-order valence-electron chi connectivity index (χ0n) is 17.0. The zero-order valence-corrected chi connectivity index (χ0v) is 17.0. The Kier molecular flexibility index (Phi) is 5.43. The van der Waals surface area contributed by atoms with Crippen LogP contribution in [0.15, 0.2) is 58.4 Å². The van der Waals surface area contributed by atoms with Gasteiger partial charge in [-0.3, -0.25) is 9.59 Å². The summed E-state index contributed by atoms with van der Waals surface area (Å²) in [5, 5.41) is 5.24. The van der Waals surface area contributed by atoms with Crippen molar-refractivity contribution < 1.29 is 4.79 Å². The predicted molar refractivity (Wildman–Crippen MR) is 119 cm³/mol. The lowest BCUT2D eigenvalue weighted by Gasteiger charge is -2.03. The van der Waals surface area contributed by atoms with Gasteiger partial charge in [0.15, 0.2) is 0 Å². The Morgan fingerprint density at radius 3 is 2.80 bits per heavy atom. The standard InChI is InChI=1S/C23H23N5O2/c1-3-28-15(2)17(16-8-4-7-11-21(16)28)14-24-27-22(29)13-12-20-23(30)26-19-10-6-5-9-18(19)25-20/h4-11,14H,3,12-13H2,1-2H3,(H,26,30)(H,27,29)/b24-14-. The van der Waals surface area contributed by atoms with E-state index in [9.17, 15) is 9.59 Å². The van der Waals surface area contributed by atoms with Crippen LogP contribution in [0.2, 0.25) is 0 Å². The Hall–Kier alpha value is -3.74. The van der Waals surface area contributed by atoms with Crippen LogP contribution >= 0.6 is 0 Å². The highest BCUT2D eigenvalue weighted by molar-refractivity contribution is 6.01. The number of carbonyl (C=O) groups is 1. The minimum Gasteiger partial charge on any atom is -0.344 e. The van der Waals surface area contributed by atoms with Crippen LogP contribution in [-0.2, 0) is 17.8 Å². The molecule has 2 aromatic heterocycles. The number of hydrogen-bond donors (Lipinski definition) is 2. The van der Waals surface area contributed by atoms with E-state index in [0.29, 0.717) is 16.7 Å². The molecule has 2 aromatic carbocycles. The zero-order chi connectivity index (χ0) is 21.1. The van der Waals surface area contributed by atoms with Gasteiger partial charge in [-0.25, -0.2) is 10.4 Å². The first-order chi connectivity index (χ1) is 14.6. The average Bonchev–Trinajstić information content (AvgIpc) is 3.03. The van der Waals surface area contributed by atoms with Crippen molar-refractivity contribution in [3.05, 3.63) is 75.8 Å². The van der Waals surface area contributed by atoms with E-state index >= 15 is 0 Å². The number of fused-ring (bicyclic) bond motifs is 2. The van der Waals surface area contributed by atoms with Crippen molar-refractivity contribution in [2.24, 2.45) is 5.10 Å². The van der Waals surface area contributed by atoms with Gasteiger partial charge in [0.2, 0.25) is 5.91 Å². The van der Waals surface area contributed by atoms with Crippen LogP contribution in [0.1, 0.15) is 30.3 Å². The summed E-state index contributed by atoms with van der Waals surface area (Å²) in [6.07, 6.45) is 2.06. The molecule has 0 spiro atoms. The van der Waals surface area contributed by atoms with Gasteiger partial charge in [-0.05, 0) is 32.0 Å². The second kappa shape index (κ2) is 8.32. The first kappa shape index (κ1) is 19.6. The summed E-state index contributed by atoms with van der Waals surface area (Å²) in [7, 11) is 0. The van der Waals surface area contributed by atoms with Crippen LogP contribution < -0.4 is 11.0 Å². The Bertz CT molecular complexity index is 1320. The number of nitrogens with zero attached hydrogens (tertiary/aromatic N) is 3. The number of nitrogens with one attached hydrogen (secondary N) is 2. The molecule has 4 aromatic rings. The lowest BCUT2D eigenvalue weighted by Crippen LogP contribution is -2.21. The predicted octanol–water partition coefficient (Wildman–Crippen LogP) is 3.29. The lowest BCUT2D eigenvalue weighted by molar-refractivity contribution is -0.121. The summed E-state index contributed by atoms with van der Waals surface area (Å²) in [6, 6.07) is 15.5.